The summed E-state index contributed by atoms with van der Waals surface area (Å²) in [7, 11) is 1.85. The summed E-state index contributed by atoms with van der Waals surface area (Å²) in [5, 5.41) is 10.1. The second-order valence-corrected chi connectivity index (χ2v) is 7.87. The van der Waals surface area contributed by atoms with E-state index in [4.69, 9.17) is 0 Å². The van der Waals surface area contributed by atoms with Crippen molar-refractivity contribution in [2.75, 3.05) is 11.9 Å². The fourth-order valence-corrected chi connectivity index (χ4v) is 3.24. The third-order valence-corrected chi connectivity index (χ3v) is 4.96. The van der Waals surface area contributed by atoms with Crippen LogP contribution in [0.3, 0.4) is 0 Å². The van der Waals surface area contributed by atoms with Gasteiger partial charge in [0.2, 0.25) is 5.91 Å². The van der Waals surface area contributed by atoms with E-state index < -0.39 is 0 Å². The van der Waals surface area contributed by atoms with E-state index in [-0.39, 0.29) is 32.7 Å². The minimum atomic E-state index is -0.233. The fraction of sp³-hybridized carbons (Fsp3) is 0.333. The molecule has 2 aromatic heterocycles. The Labute approximate surface area is 185 Å². The zero-order valence-corrected chi connectivity index (χ0v) is 18.5. The van der Waals surface area contributed by atoms with Gasteiger partial charge in [0.25, 0.3) is 0 Å². The first-order chi connectivity index (χ1) is 14.9. The van der Waals surface area contributed by atoms with Gasteiger partial charge in [-0.05, 0) is 23.6 Å². The molecule has 0 saturated carbocycles. The van der Waals surface area contributed by atoms with Crippen LogP contribution in [0.15, 0.2) is 48.9 Å². The molecular weight excluding hydrogens is 390 g/mol. The maximum absolute atomic E-state index is 12.7. The van der Waals surface area contributed by atoms with Crippen LogP contribution in [0, 0.1) is 5.92 Å². The highest BCUT2D eigenvalue weighted by Crippen LogP contribution is 2.26. The number of pyridine rings is 1. The van der Waals surface area contributed by atoms with Crippen LogP contribution in [0.5, 0.6) is 0 Å². The molecule has 166 valence electrons. The van der Waals surface area contributed by atoms with Crippen LogP contribution in [0.25, 0.3) is 11.1 Å². The van der Waals surface area contributed by atoms with E-state index >= 15 is 0 Å². The van der Waals surface area contributed by atoms with Crippen molar-refractivity contribution in [2.24, 2.45) is 13.0 Å². The van der Waals surface area contributed by atoms with Crippen LogP contribution in [-0.2, 0) is 24.8 Å². The molecule has 1 aromatic carbocycles. The number of aromatic nitrogens is 3. The summed E-state index contributed by atoms with van der Waals surface area (Å²) >= 11 is 0. The first-order valence-electron chi connectivity index (χ1n) is 10.5. The van der Waals surface area contributed by atoms with Crippen LogP contribution < -0.4 is 10.6 Å². The molecule has 2 N–H and O–H groups in total. The van der Waals surface area contributed by atoms with Gasteiger partial charge >= 0.3 is 0 Å². The molecule has 0 aliphatic carbocycles. The van der Waals surface area contributed by atoms with Crippen LogP contribution in [-0.4, -0.2) is 33.0 Å². The fourth-order valence-electron chi connectivity index (χ4n) is 3.24. The standard InChI is InChI=1S/C24H29N5O2.2H2/c1-5-17-7-6-8-19(9-17)20-10-21(23(26-13-20)24(31)16(2)3)28-22(30)14-25-11-18-12-27-29(4)15-18;;/h6-10,12-13,15-16,25H,5,11,14H2,1-4H3,(H,28,30);2*1H. The second kappa shape index (κ2) is 10.1. The van der Waals surface area contributed by atoms with Gasteiger partial charge in [-0.25, -0.2) is 0 Å². The third-order valence-electron chi connectivity index (χ3n) is 4.96. The Morgan fingerprint density at radius 1 is 1.13 bits per heavy atom. The first kappa shape index (κ1) is 22.4. The summed E-state index contributed by atoms with van der Waals surface area (Å²) in [6, 6.07) is 10.0. The van der Waals surface area contributed by atoms with Gasteiger partial charge in [-0.15, -0.1) is 0 Å². The van der Waals surface area contributed by atoms with Gasteiger partial charge in [0.15, 0.2) is 5.78 Å². The number of aryl methyl sites for hydroxylation is 2. The Kier molecular flexibility index (Phi) is 7.31. The average molecular weight is 424 g/mol. The van der Waals surface area contributed by atoms with Crippen molar-refractivity contribution in [2.45, 2.75) is 33.7 Å². The number of amides is 1. The van der Waals surface area contributed by atoms with Crippen LogP contribution in [0.4, 0.5) is 5.69 Å². The quantitative estimate of drug-likeness (QED) is 0.506. The maximum atomic E-state index is 12.7. The third kappa shape index (κ3) is 5.86. The number of nitrogens with zero attached hydrogens (tertiary/aromatic N) is 3. The van der Waals surface area contributed by atoms with Crippen molar-refractivity contribution in [1.29, 1.82) is 0 Å². The number of ketones is 1. The van der Waals surface area contributed by atoms with Crippen LogP contribution in [0.2, 0.25) is 0 Å². The number of hydrogen-bond donors (Lipinski definition) is 2. The highest BCUT2D eigenvalue weighted by Gasteiger charge is 2.19. The Bertz CT molecular complexity index is 1080. The summed E-state index contributed by atoms with van der Waals surface area (Å²) < 4.78 is 1.71. The molecule has 7 nitrogen and oxygen atoms in total. The summed E-state index contributed by atoms with van der Waals surface area (Å²) in [4.78, 5) is 29.6. The largest absolute Gasteiger partial charge is 0.323 e. The molecule has 0 spiro atoms. The Morgan fingerprint density at radius 2 is 1.94 bits per heavy atom. The van der Waals surface area contributed by atoms with E-state index in [1.807, 2.05) is 45.3 Å². The predicted molar refractivity (Wildman–Crippen MR) is 126 cm³/mol. The number of hydrogen-bond acceptors (Lipinski definition) is 5. The SMILES string of the molecule is CCc1cccc(-c2cnc(C(=O)C(C)C)c(NC(=O)CNCc3cnn(C)c3)c2)c1.[HH].[HH]. The van der Waals surface area contributed by atoms with E-state index in [1.165, 1.54) is 5.56 Å². The lowest BCUT2D eigenvalue weighted by Crippen LogP contribution is -2.28. The maximum Gasteiger partial charge on any atom is 0.238 e. The molecule has 1 amide bonds. The smallest absolute Gasteiger partial charge is 0.238 e. The molecule has 31 heavy (non-hydrogen) atoms. The number of anilines is 1. The van der Waals surface area contributed by atoms with Crippen molar-refractivity contribution in [3.8, 4) is 11.1 Å². The molecule has 3 rings (SSSR count). The van der Waals surface area contributed by atoms with Crippen molar-refractivity contribution in [3.63, 3.8) is 0 Å². The van der Waals surface area contributed by atoms with Gasteiger partial charge in [0, 0.05) is 45.9 Å². The average Bonchev–Trinajstić information content (AvgIpc) is 3.18. The lowest BCUT2D eigenvalue weighted by atomic mass is 10.00. The minimum absolute atomic E-state index is 0. The van der Waals surface area contributed by atoms with Crippen molar-refractivity contribution < 1.29 is 12.4 Å². The number of benzene rings is 1. The van der Waals surface area contributed by atoms with Gasteiger partial charge in [-0.1, -0.05) is 45.0 Å². The molecule has 0 bridgehead atoms. The molecule has 0 unspecified atom stereocenters. The van der Waals surface area contributed by atoms with Gasteiger partial charge in [-0.3, -0.25) is 19.3 Å². The van der Waals surface area contributed by atoms with Gasteiger partial charge in [0.1, 0.15) is 5.69 Å². The molecule has 0 aliphatic heterocycles. The van der Waals surface area contributed by atoms with E-state index in [0.717, 1.165) is 23.1 Å². The summed E-state index contributed by atoms with van der Waals surface area (Å²) in [5.74, 6) is -0.559. The molecule has 0 radical (unpaired) electrons. The number of carbonyl (C=O) groups excluding carboxylic acids is 2. The van der Waals surface area contributed by atoms with E-state index in [2.05, 4.69) is 39.8 Å². The normalized spacial score (nSPS) is 11.0. The summed E-state index contributed by atoms with van der Waals surface area (Å²) in [5.41, 5.74) is 4.78. The van der Waals surface area contributed by atoms with Crippen molar-refractivity contribution in [3.05, 3.63) is 65.7 Å². The first-order valence-corrected chi connectivity index (χ1v) is 10.5. The molecule has 0 aliphatic rings. The summed E-state index contributed by atoms with van der Waals surface area (Å²) in [6.07, 6.45) is 6.27. The lowest BCUT2D eigenvalue weighted by Gasteiger charge is -2.14. The van der Waals surface area contributed by atoms with Crippen LogP contribution >= 0.6 is 0 Å². The molecular formula is C24H33N5O2. The van der Waals surface area contributed by atoms with Gasteiger partial charge in [0.05, 0.1) is 18.4 Å². The monoisotopic (exact) mass is 423 g/mol. The molecule has 0 fully saturated rings. The molecule has 0 atom stereocenters. The highest BCUT2D eigenvalue weighted by atomic mass is 16.2. The van der Waals surface area contributed by atoms with E-state index in [1.54, 1.807) is 17.1 Å². The number of carbonyl (C=O) groups is 2. The van der Waals surface area contributed by atoms with Gasteiger partial charge < -0.3 is 10.6 Å². The molecule has 2 heterocycles. The number of nitrogens with one attached hydrogen (secondary N) is 2. The Morgan fingerprint density at radius 3 is 2.61 bits per heavy atom. The van der Waals surface area contributed by atoms with E-state index in [9.17, 15) is 9.59 Å². The van der Waals surface area contributed by atoms with Crippen molar-refractivity contribution >= 4 is 17.4 Å². The highest BCUT2D eigenvalue weighted by molar-refractivity contribution is 6.05. The number of rotatable bonds is 9. The second-order valence-electron chi connectivity index (χ2n) is 7.87. The van der Waals surface area contributed by atoms with Crippen LogP contribution in [0.1, 0.15) is 45.2 Å². The van der Waals surface area contributed by atoms with Crippen molar-refractivity contribution in [1.82, 2.24) is 20.1 Å². The molecule has 7 heteroatoms. The summed E-state index contributed by atoms with van der Waals surface area (Å²) in [6.45, 7) is 6.39. The topological polar surface area (TPSA) is 88.9 Å². The molecule has 3 aromatic rings. The van der Waals surface area contributed by atoms with Gasteiger partial charge in [-0.2, -0.15) is 5.10 Å². The predicted octanol–water partition coefficient (Wildman–Crippen LogP) is 4.10. The Balaban J connectivity index is 0.00000272. The lowest BCUT2D eigenvalue weighted by molar-refractivity contribution is -0.115. The molecule has 0 saturated heterocycles. The van der Waals surface area contributed by atoms with E-state index in [0.29, 0.717) is 12.2 Å². The minimum Gasteiger partial charge on any atom is -0.323 e. The zero-order chi connectivity index (χ0) is 22.4. The zero-order valence-electron chi connectivity index (χ0n) is 18.5. The number of Topliss-reactive ketones (excluding diaryl/α,β-unsaturated/α-hetero) is 1. The Hall–Kier alpha value is -3.32.